The molecule has 1 saturated heterocycles. The van der Waals surface area contributed by atoms with Crippen LogP contribution in [0.4, 0.5) is 0 Å². The molecule has 4 N–H and O–H groups in total. The van der Waals surface area contributed by atoms with Gasteiger partial charge >= 0.3 is 0 Å². The second kappa shape index (κ2) is 19.7. The summed E-state index contributed by atoms with van der Waals surface area (Å²) in [6.07, 6.45) is 0. The molecular weight excluding hydrogens is 953 g/mol. The number of benzene rings is 8. The van der Waals surface area contributed by atoms with Crippen LogP contribution in [-0.4, -0.2) is 94.9 Å². The lowest BCUT2D eigenvalue weighted by molar-refractivity contribution is -0.260. The van der Waals surface area contributed by atoms with Gasteiger partial charge in [0.05, 0.1) is 0 Å². The predicted octanol–water partition coefficient (Wildman–Crippen LogP) is 7.69. The summed E-state index contributed by atoms with van der Waals surface area (Å²) in [6, 6.07) is 49.2. The molecule has 13 heteroatoms. The lowest BCUT2D eigenvalue weighted by Gasteiger charge is -2.54. The van der Waals surface area contributed by atoms with Crippen molar-refractivity contribution in [3.05, 3.63) is 287 Å². The van der Waals surface area contributed by atoms with E-state index in [9.17, 15) is 10.2 Å². The molecule has 370 valence electrons. The van der Waals surface area contributed by atoms with Crippen molar-refractivity contribution in [3.8, 4) is 0 Å². The van der Waals surface area contributed by atoms with Gasteiger partial charge < -0.3 is 25.2 Å². The zero-order chi connectivity index (χ0) is 53.2. The van der Waals surface area contributed by atoms with Gasteiger partial charge in [0.15, 0.2) is 28.4 Å². The van der Waals surface area contributed by atoms with Crippen LogP contribution in [0.1, 0.15) is 82.9 Å². The van der Waals surface area contributed by atoms with Crippen LogP contribution >= 0.6 is 0 Å². The molecule has 1 aliphatic rings. The van der Waals surface area contributed by atoms with Gasteiger partial charge in [0.25, 0.3) is 5.79 Å². The SMILES string of the molecule is O=C(c1ccccc1)C(C(=O)c1ccccc1)(C(=O)c1ccccc1)[C@@]1(O)[C@@](O)(C(=O)c2ccccc2)[C@@](C(=O)c2ccccc2)(C(O)(C(=O)c2ccccc2)C(=O)c2ccccc2)O[C@@]1(O)C(=O)c1ccccc1. The molecule has 0 saturated carbocycles. The molecule has 0 spiro atoms. The Hall–Kier alpha value is -9.08. The number of hydrogen-bond donors (Lipinski definition) is 4. The molecule has 13 nitrogen and oxygen atoms in total. The van der Waals surface area contributed by atoms with Crippen molar-refractivity contribution in [2.45, 2.75) is 28.2 Å². The molecule has 8 aromatic rings. The Bertz CT molecular complexity index is 3310. The fourth-order valence-electron chi connectivity index (χ4n) is 10.3. The van der Waals surface area contributed by atoms with Crippen LogP contribution < -0.4 is 0 Å². The fourth-order valence-corrected chi connectivity index (χ4v) is 10.3. The first kappa shape index (κ1) is 50.8. The zero-order valence-electron chi connectivity index (χ0n) is 39.6. The summed E-state index contributed by atoms with van der Waals surface area (Å²) in [4.78, 5) is 132. The monoisotopic (exact) mass is 996 g/mol. The molecule has 4 atom stereocenters. The summed E-state index contributed by atoms with van der Waals surface area (Å²) in [7, 11) is 0. The van der Waals surface area contributed by atoms with Gasteiger partial charge in [0.2, 0.25) is 45.7 Å². The number of rotatable bonds is 18. The van der Waals surface area contributed by atoms with Crippen LogP contribution in [-0.2, 0) is 4.74 Å². The maximum absolute atomic E-state index is 16.7. The van der Waals surface area contributed by atoms with E-state index in [0.717, 1.165) is 97.1 Å². The molecule has 0 radical (unpaired) electrons. The van der Waals surface area contributed by atoms with E-state index in [2.05, 4.69) is 0 Å². The molecule has 0 amide bonds. The third kappa shape index (κ3) is 7.44. The summed E-state index contributed by atoms with van der Waals surface area (Å²) >= 11 is 0. The minimum absolute atomic E-state index is 0.608. The van der Waals surface area contributed by atoms with E-state index in [-0.39, 0.29) is 0 Å². The Balaban J connectivity index is 1.62. The Morgan fingerprint density at radius 1 is 0.307 bits per heavy atom. The number of ketones is 8. The van der Waals surface area contributed by atoms with E-state index in [1.54, 1.807) is 0 Å². The third-order valence-electron chi connectivity index (χ3n) is 13.8. The molecular formula is C62H44O13. The number of carbonyl (C=O) groups excluding carboxylic acids is 8. The molecule has 0 unspecified atom stereocenters. The second-order valence-corrected chi connectivity index (χ2v) is 17.9. The first-order valence-electron chi connectivity index (χ1n) is 23.5. The van der Waals surface area contributed by atoms with E-state index < -0.39 is 124 Å². The Kier molecular flexibility index (Phi) is 13.4. The van der Waals surface area contributed by atoms with Gasteiger partial charge in [-0.25, -0.2) is 0 Å². The topological polar surface area (TPSA) is 227 Å². The summed E-state index contributed by atoms with van der Waals surface area (Å²) in [5.41, 5.74) is -28.8. The van der Waals surface area contributed by atoms with Crippen LogP contribution in [0.5, 0.6) is 0 Å². The van der Waals surface area contributed by atoms with Gasteiger partial charge in [-0.1, -0.05) is 243 Å². The average molecular weight is 997 g/mol. The van der Waals surface area contributed by atoms with Crippen molar-refractivity contribution in [2.75, 3.05) is 0 Å². The smallest absolute Gasteiger partial charge is 0.267 e. The summed E-state index contributed by atoms with van der Waals surface area (Å²) in [5, 5.41) is 58.8. The number of aliphatic hydroxyl groups is 4. The Morgan fingerprint density at radius 3 is 0.813 bits per heavy atom. The maximum atomic E-state index is 16.7. The van der Waals surface area contributed by atoms with E-state index in [4.69, 9.17) is 4.74 Å². The van der Waals surface area contributed by atoms with E-state index in [1.165, 1.54) is 146 Å². The van der Waals surface area contributed by atoms with Crippen molar-refractivity contribution < 1.29 is 63.5 Å². The summed E-state index contributed by atoms with van der Waals surface area (Å²) in [6.45, 7) is 0. The fraction of sp³-hybridized carbons (Fsp3) is 0.0968. The van der Waals surface area contributed by atoms with Crippen molar-refractivity contribution in [2.24, 2.45) is 5.41 Å². The molecule has 9 rings (SSSR count). The number of carbonyl (C=O) groups is 8. The summed E-state index contributed by atoms with van der Waals surface area (Å²) in [5.74, 6) is -19.8. The first-order valence-corrected chi connectivity index (χ1v) is 23.5. The highest BCUT2D eigenvalue weighted by Gasteiger charge is 2.98. The Labute approximate surface area is 429 Å². The van der Waals surface area contributed by atoms with Gasteiger partial charge in [0.1, 0.15) is 0 Å². The number of ether oxygens (including phenoxy) is 1. The largest absolute Gasteiger partial charge is 0.379 e. The minimum atomic E-state index is -5.04. The van der Waals surface area contributed by atoms with Crippen LogP contribution in [0.25, 0.3) is 0 Å². The third-order valence-corrected chi connectivity index (χ3v) is 13.8. The van der Waals surface area contributed by atoms with Crippen molar-refractivity contribution in [1.29, 1.82) is 0 Å². The highest BCUT2D eigenvalue weighted by atomic mass is 16.7. The molecule has 0 aliphatic carbocycles. The Morgan fingerprint density at radius 2 is 0.533 bits per heavy atom. The maximum Gasteiger partial charge on any atom is 0.267 e. The van der Waals surface area contributed by atoms with Gasteiger partial charge in [-0.3, -0.25) is 38.4 Å². The quantitative estimate of drug-likeness (QED) is 0.0478. The average Bonchev–Trinajstić information content (AvgIpc) is 3.69. The van der Waals surface area contributed by atoms with Crippen molar-refractivity contribution in [3.63, 3.8) is 0 Å². The second-order valence-electron chi connectivity index (χ2n) is 17.9. The molecule has 0 bridgehead atoms. The van der Waals surface area contributed by atoms with Crippen molar-refractivity contribution in [1.82, 2.24) is 0 Å². The van der Waals surface area contributed by atoms with Gasteiger partial charge in [-0.15, -0.1) is 0 Å². The lowest BCUT2D eigenvalue weighted by Crippen LogP contribution is -2.86. The minimum Gasteiger partial charge on any atom is -0.379 e. The van der Waals surface area contributed by atoms with Crippen molar-refractivity contribution >= 4 is 46.3 Å². The molecule has 8 aromatic carbocycles. The first-order chi connectivity index (χ1) is 36.1. The highest BCUT2D eigenvalue weighted by Crippen LogP contribution is 2.66. The zero-order valence-corrected chi connectivity index (χ0v) is 39.6. The van der Waals surface area contributed by atoms with Gasteiger partial charge in [0, 0.05) is 44.5 Å². The summed E-state index contributed by atoms with van der Waals surface area (Å²) < 4.78 is 6.54. The van der Waals surface area contributed by atoms with E-state index >= 15 is 48.6 Å². The van der Waals surface area contributed by atoms with E-state index in [0.29, 0.717) is 0 Å². The van der Waals surface area contributed by atoms with E-state index in [1.807, 2.05) is 0 Å². The standard InChI is InChI=1S/C62H44O13/c63-49(41-25-9-1-10-26-41)57(50(64)42-27-11-2-12-28-42,51(65)43-29-13-3-14-30-43)62(74)59(72,54(68)46-35-19-6-20-36-46)60(55(69)47-37-21-7-22-38-47,75-61(62,73)56(70)48-39-23-8-24-40-48)58(71,52(66)44-31-15-4-16-32-44)53(67)45-33-17-5-18-34-45/h1-40,71-74H/t59-,60-,61+,62-/m1/s1. The van der Waals surface area contributed by atoms with Gasteiger partial charge in [-0.05, 0) is 0 Å². The molecule has 75 heavy (non-hydrogen) atoms. The molecule has 0 aromatic heterocycles. The lowest BCUT2D eigenvalue weighted by atomic mass is 9.46. The van der Waals surface area contributed by atoms with Crippen LogP contribution in [0, 0.1) is 5.41 Å². The number of Topliss-reactive ketones (excluding diaryl/α,β-unsaturated/α-hetero) is 8. The molecule has 1 heterocycles. The molecule has 1 aliphatic heterocycles. The van der Waals surface area contributed by atoms with Crippen LogP contribution in [0.15, 0.2) is 243 Å². The van der Waals surface area contributed by atoms with Crippen LogP contribution in [0.3, 0.4) is 0 Å². The highest BCUT2D eigenvalue weighted by molar-refractivity contribution is 6.39. The normalized spacial score (nSPS) is 20.3. The molecule has 1 fully saturated rings. The van der Waals surface area contributed by atoms with Gasteiger partial charge in [-0.2, -0.15) is 0 Å². The predicted molar refractivity (Wildman–Crippen MR) is 272 cm³/mol. The van der Waals surface area contributed by atoms with Crippen LogP contribution in [0.2, 0.25) is 0 Å². The number of hydrogen-bond acceptors (Lipinski definition) is 13.